The van der Waals surface area contributed by atoms with Gasteiger partial charge < -0.3 is 19.8 Å². The highest BCUT2D eigenvalue weighted by atomic mass is 16.5. The molecule has 1 unspecified atom stereocenters. The van der Waals surface area contributed by atoms with Crippen LogP contribution in [0.5, 0.6) is 0 Å². The summed E-state index contributed by atoms with van der Waals surface area (Å²) in [6.45, 7) is 2.13. The molecule has 1 aromatic carbocycles. The summed E-state index contributed by atoms with van der Waals surface area (Å²) in [5, 5.41) is 6.18. The van der Waals surface area contributed by atoms with Gasteiger partial charge in [0.05, 0.1) is 12.3 Å². The van der Waals surface area contributed by atoms with Gasteiger partial charge in [-0.3, -0.25) is 4.79 Å². The number of carbonyl (C=O) groups is 1. The van der Waals surface area contributed by atoms with Crippen LogP contribution in [0.4, 0.5) is 11.4 Å². The summed E-state index contributed by atoms with van der Waals surface area (Å²) in [5.41, 5.74) is 1.66. The van der Waals surface area contributed by atoms with Crippen LogP contribution in [0.3, 0.4) is 0 Å². The van der Waals surface area contributed by atoms with Gasteiger partial charge in [-0.1, -0.05) is 13.0 Å². The predicted octanol–water partition coefficient (Wildman–Crippen LogP) is 3.43. The van der Waals surface area contributed by atoms with Gasteiger partial charge in [0.1, 0.15) is 12.4 Å². The Balaban J connectivity index is 2.05. The maximum absolute atomic E-state index is 11.5. The quantitative estimate of drug-likeness (QED) is 0.819. The summed E-state index contributed by atoms with van der Waals surface area (Å²) in [7, 11) is 1.49. The number of furan rings is 1. The predicted molar refractivity (Wildman–Crippen MR) is 82.3 cm³/mol. The normalized spacial score (nSPS) is 11.9. The van der Waals surface area contributed by atoms with Crippen molar-refractivity contribution < 1.29 is 13.9 Å². The van der Waals surface area contributed by atoms with E-state index in [1.54, 1.807) is 6.26 Å². The number of carbonyl (C=O) groups excluding carboxylic acids is 1. The van der Waals surface area contributed by atoms with Crippen molar-refractivity contribution in [2.45, 2.75) is 19.4 Å². The van der Waals surface area contributed by atoms with Crippen LogP contribution in [0, 0.1) is 0 Å². The van der Waals surface area contributed by atoms with Crippen LogP contribution in [-0.4, -0.2) is 19.6 Å². The first-order valence-corrected chi connectivity index (χ1v) is 6.91. The number of rotatable bonds is 7. The third-order valence-electron chi connectivity index (χ3n) is 3.06. The van der Waals surface area contributed by atoms with E-state index in [2.05, 4.69) is 17.6 Å². The van der Waals surface area contributed by atoms with Crippen molar-refractivity contribution >= 4 is 17.3 Å². The molecule has 5 nitrogen and oxygen atoms in total. The molecular weight excluding hydrogens is 268 g/mol. The molecular formula is C16H20N2O3. The van der Waals surface area contributed by atoms with Crippen molar-refractivity contribution in [3.63, 3.8) is 0 Å². The zero-order valence-electron chi connectivity index (χ0n) is 12.3. The molecule has 1 atom stereocenters. The van der Waals surface area contributed by atoms with Crippen LogP contribution in [0.25, 0.3) is 0 Å². The van der Waals surface area contributed by atoms with Gasteiger partial charge in [0, 0.05) is 18.5 Å². The molecule has 1 heterocycles. The van der Waals surface area contributed by atoms with Crippen molar-refractivity contribution in [1.29, 1.82) is 0 Å². The van der Waals surface area contributed by atoms with E-state index < -0.39 is 0 Å². The Hall–Kier alpha value is -2.27. The number of nitrogens with one attached hydrogen (secondary N) is 2. The number of amides is 1. The van der Waals surface area contributed by atoms with Crippen molar-refractivity contribution in [2.24, 2.45) is 0 Å². The lowest BCUT2D eigenvalue weighted by Gasteiger charge is -2.16. The van der Waals surface area contributed by atoms with E-state index in [1.807, 2.05) is 36.4 Å². The summed E-state index contributed by atoms with van der Waals surface area (Å²) >= 11 is 0. The van der Waals surface area contributed by atoms with Crippen LogP contribution >= 0.6 is 0 Å². The summed E-state index contributed by atoms with van der Waals surface area (Å²) in [6, 6.07) is 11.5. The van der Waals surface area contributed by atoms with E-state index in [0.29, 0.717) is 0 Å². The van der Waals surface area contributed by atoms with E-state index in [4.69, 9.17) is 9.15 Å². The van der Waals surface area contributed by atoms with Crippen LogP contribution < -0.4 is 10.6 Å². The molecule has 2 N–H and O–H groups in total. The molecule has 1 aromatic heterocycles. The van der Waals surface area contributed by atoms with Gasteiger partial charge in [0.2, 0.25) is 5.91 Å². The molecule has 0 spiro atoms. The SMILES string of the molecule is CCC(Nc1cccc(NC(=O)COC)c1)c1ccco1. The monoisotopic (exact) mass is 288 g/mol. The highest BCUT2D eigenvalue weighted by Gasteiger charge is 2.12. The van der Waals surface area contributed by atoms with Crippen molar-refractivity contribution in [1.82, 2.24) is 0 Å². The zero-order valence-corrected chi connectivity index (χ0v) is 12.3. The highest BCUT2D eigenvalue weighted by molar-refractivity contribution is 5.92. The molecule has 0 aliphatic carbocycles. The number of ether oxygens (including phenoxy) is 1. The summed E-state index contributed by atoms with van der Waals surface area (Å²) in [4.78, 5) is 11.5. The van der Waals surface area contributed by atoms with Crippen molar-refractivity contribution in [2.75, 3.05) is 24.4 Å². The topological polar surface area (TPSA) is 63.5 Å². The van der Waals surface area contributed by atoms with E-state index in [0.717, 1.165) is 23.6 Å². The van der Waals surface area contributed by atoms with Gasteiger partial charge in [-0.2, -0.15) is 0 Å². The lowest BCUT2D eigenvalue weighted by Crippen LogP contribution is -2.17. The highest BCUT2D eigenvalue weighted by Crippen LogP contribution is 2.24. The molecule has 2 aromatic rings. The molecule has 0 radical (unpaired) electrons. The second-order valence-corrected chi connectivity index (χ2v) is 4.68. The Morgan fingerprint density at radius 2 is 2.10 bits per heavy atom. The van der Waals surface area contributed by atoms with Crippen molar-refractivity contribution in [3.05, 3.63) is 48.4 Å². The molecule has 0 aliphatic rings. The van der Waals surface area contributed by atoms with Crippen LogP contribution in [-0.2, 0) is 9.53 Å². The summed E-state index contributed by atoms with van der Waals surface area (Å²) < 4.78 is 10.2. The molecule has 1 amide bonds. The van der Waals surface area contributed by atoms with Gasteiger partial charge in [-0.25, -0.2) is 0 Å². The fraction of sp³-hybridized carbons (Fsp3) is 0.312. The fourth-order valence-corrected chi connectivity index (χ4v) is 2.08. The van der Waals surface area contributed by atoms with Gasteiger partial charge in [-0.05, 0) is 36.8 Å². The maximum Gasteiger partial charge on any atom is 0.250 e. The Morgan fingerprint density at radius 3 is 2.76 bits per heavy atom. The minimum Gasteiger partial charge on any atom is -0.467 e. The lowest BCUT2D eigenvalue weighted by molar-refractivity contribution is -0.119. The number of hydrogen-bond acceptors (Lipinski definition) is 4. The number of hydrogen-bond donors (Lipinski definition) is 2. The molecule has 21 heavy (non-hydrogen) atoms. The Labute approximate surface area is 124 Å². The smallest absolute Gasteiger partial charge is 0.250 e. The first-order valence-electron chi connectivity index (χ1n) is 6.91. The third kappa shape index (κ3) is 4.36. The molecule has 0 bridgehead atoms. The van der Waals surface area contributed by atoms with Crippen LogP contribution in [0.1, 0.15) is 25.1 Å². The molecule has 2 rings (SSSR count). The number of anilines is 2. The Bertz CT molecular complexity index is 567. The van der Waals surface area contributed by atoms with Crippen molar-refractivity contribution in [3.8, 4) is 0 Å². The standard InChI is InChI=1S/C16H20N2O3/c1-3-14(15-8-5-9-21-15)17-12-6-4-7-13(10-12)18-16(19)11-20-2/h4-10,14,17H,3,11H2,1-2H3,(H,18,19). The molecule has 0 saturated carbocycles. The second-order valence-electron chi connectivity index (χ2n) is 4.68. The van der Waals surface area contributed by atoms with Gasteiger partial charge >= 0.3 is 0 Å². The zero-order chi connectivity index (χ0) is 15.1. The molecule has 112 valence electrons. The Morgan fingerprint density at radius 1 is 1.29 bits per heavy atom. The summed E-state index contributed by atoms with van der Waals surface area (Å²) in [6.07, 6.45) is 2.56. The number of benzene rings is 1. The minimum absolute atomic E-state index is 0.0433. The summed E-state index contributed by atoms with van der Waals surface area (Å²) in [5.74, 6) is 0.721. The minimum atomic E-state index is -0.173. The molecule has 0 saturated heterocycles. The largest absolute Gasteiger partial charge is 0.467 e. The van der Waals surface area contributed by atoms with Gasteiger partial charge in [0.15, 0.2) is 0 Å². The Kier molecular flexibility index (Phi) is 5.40. The van der Waals surface area contributed by atoms with E-state index in [-0.39, 0.29) is 18.6 Å². The molecule has 5 heteroatoms. The maximum atomic E-state index is 11.5. The molecule has 0 aliphatic heterocycles. The second kappa shape index (κ2) is 7.50. The average Bonchev–Trinajstić information content (AvgIpc) is 2.99. The van der Waals surface area contributed by atoms with Crippen LogP contribution in [0.15, 0.2) is 47.1 Å². The van der Waals surface area contributed by atoms with E-state index >= 15 is 0 Å². The van der Waals surface area contributed by atoms with Crippen LogP contribution in [0.2, 0.25) is 0 Å². The average molecular weight is 288 g/mol. The first-order chi connectivity index (χ1) is 10.2. The molecule has 0 fully saturated rings. The van der Waals surface area contributed by atoms with E-state index in [1.165, 1.54) is 7.11 Å². The third-order valence-corrected chi connectivity index (χ3v) is 3.06. The van der Waals surface area contributed by atoms with Gasteiger partial charge in [0.25, 0.3) is 0 Å². The number of methoxy groups -OCH3 is 1. The van der Waals surface area contributed by atoms with E-state index in [9.17, 15) is 4.79 Å². The lowest BCUT2D eigenvalue weighted by atomic mass is 10.1. The fourth-order valence-electron chi connectivity index (χ4n) is 2.08. The first kappa shape index (κ1) is 15.1. The van der Waals surface area contributed by atoms with Gasteiger partial charge in [-0.15, -0.1) is 0 Å².